The van der Waals surface area contributed by atoms with Gasteiger partial charge in [0.1, 0.15) is 5.82 Å². The zero-order valence-electron chi connectivity index (χ0n) is 15.9. The first-order valence-electron chi connectivity index (χ1n) is 9.33. The van der Waals surface area contributed by atoms with Crippen molar-refractivity contribution in [3.05, 3.63) is 35.1 Å². The number of hydrogen-bond donors (Lipinski definition) is 1. The van der Waals surface area contributed by atoms with Crippen LogP contribution in [0.5, 0.6) is 0 Å². The highest BCUT2D eigenvalue weighted by Crippen LogP contribution is 2.21. The zero-order valence-corrected chi connectivity index (χ0v) is 19.1. The molecule has 0 aliphatic carbocycles. The molecule has 5 nitrogen and oxygen atoms in total. The Morgan fingerprint density at radius 3 is 2.81 bits per heavy atom. The molecule has 1 N–H and O–H groups in total. The minimum atomic E-state index is -2.87. The lowest BCUT2D eigenvalue weighted by Crippen LogP contribution is -2.45. The first-order valence-corrected chi connectivity index (χ1v) is 11.2. The number of guanidine groups is 1. The largest absolute Gasteiger partial charge is 0.356 e. The van der Waals surface area contributed by atoms with Gasteiger partial charge in [0.2, 0.25) is 0 Å². The number of rotatable bonds is 4. The van der Waals surface area contributed by atoms with Crippen LogP contribution in [0.25, 0.3) is 0 Å². The van der Waals surface area contributed by atoms with Crippen LogP contribution in [0.3, 0.4) is 0 Å². The summed E-state index contributed by atoms with van der Waals surface area (Å²) in [6.45, 7) is 7.00. The number of nitrogens with one attached hydrogen (secondary N) is 1. The SMILES string of the molecule is CC(C)CN=C(NCC1CCS(=O)(=O)C1)N1CCc2ccc(F)cc2C1.I. The number of nitrogens with zero attached hydrogens (tertiary/aromatic N) is 2. The van der Waals surface area contributed by atoms with Crippen molar-refractivity contribution in [3.63, 3.8) is 0 Å². The lowest BCUT2D eigenvalue weighted by atomic mass is 10.00. The minimum Gasteiger partial charge on any atom is -0.356 e. The molecular weight excluding hydrogens is 480 g/mol. The second kappa shape index (κ2) is 9.54. The first-order chi connectivity index (χ1) is 12.3. The van der Waals surface area contributed by atoms with Crippen LogP contribution in [-0.4, -0.2) is 50.4 Å². The van der Waals surface area contributed by atoms with Crippen molar-refractivity contribution >= 4 is 39.8 Å². The maximum absolute atomic E-state index is 13.6. The van der Waals surface area contributed by atoms with Gasteiger partial charge in [-0.05, 0) is 47.9 Å². The second-order valence-electron chi connectivity index (χ2n) is 7.79. The number of hydrogen-bond acceptors (Lipinski definition) is 3. The van der Waals surface area contributed by atoms with Crippen LogP contribution in [0.2, 0.25) is 0 Å². The fourth-order valence-corrected chi connectivity index (χ4v) is 5.37. The van der Waals surface area contributed by atoms with Gasteiger partial charge in [0.05, 0.1) is 11.5 Å². The van der Waals surface area contributed by atoms with Crippen molar-refractivity contribution < 1.29 is 12.8 Å². The lowest BCUT2D eigenvalue weighted by Gasteiger charge is -2.32. The van der Waals surface area contributed by atoms with E-state index in [1.54, 1.807) is 6.07 Å². The monoisotopic (exact) mass is 509 g/mol. The Bertz CT molecular complexity index is 783. The van der Waals surface area contributed by atoms with Gasteiger partial charge in [-0.1, -0.05) is 19.9 Å². The third-order valence-corrected chi connectivity index (χ3v) is 6.80. The summed E-state index contributed by atoms with van der Waals surface area (Å²) in [6, 6.07) is 4.98. The molecule has 0 radical (unpaired) electrons. The smallest absolute Gasteiger partial charge is 0.194 e. The van der Waals surface area contributed by atoms with Gasteiger partial charge < -0.3 is 10.2 Å². The van der Waals surface area contributed by atoms with Crippen LogP contribution in [0.15, 0.2) is 23.2 Å². The van der Waals surface area contributed by atoms with Crippen molar-refractivity contribution in [2.45, 2.75) is 33.2 Å². The van der Waals surface area contributed by atoms with Crippen LogP contribution >= 0.6 is 24.0 Å². The Morgan fingerprint density at radius 1 is 1.37 bits per heavy atom. The summed E-state index contributed by atoms with van der Waals surface area (Å²) in [5.74, 6) is 1.71. The molecule has 0 amide bonds. The molecule has 8 heteroatoms. The standard InChI is InChI=1S/C19H28FN3O2S.HI/c1-14(2)10-21-19(22-11-15-6-8-26(24,25)13-15)23-7-5-16-3-4-18(20)9-17(16)12-23;/h3-4,9,14-15H,5-8,10-13H2,1-2H3,(H,21,22);1H. The molecule has 1 atom stereocenters. The van der Waals surface area contributed by atoms with E-state index in [9.17, 15) is 12.8 Å². The highest BCUT2D eigenvalue weighted by atomic mass is 127. The van der Waals surface area contributed by atoms with E-state index in [-0.39, 0.29) is 47.2 Å². The molecule has 1 fully saturated rings. The average Bonchev–Trinajstić information content (AvgIpc) is 2.93. The highest BCUT2D eigenvalue weighted by Gasteiger charge is 2.28. The maximum atomic E-state index is 13.6. The summed E-state index contributed by atoms with van der Waals surface area (Å²) in [5, 5.41) is 3.39. The summed E-state index contributed by atoms with van der Waals surface area (Å²) in [6.07, 6.45) is 1.57. The molecule has 1 aromatic rings. The number of fused-ring (bicyclic) bond motifs is 1. The predicted molar refractivity (Wildman–Crippen MR) is 118 cm³/mol. The van der Waals surface area contributed by atoms with Crippen LogP contribution < -0.4 is 5.32 Å². The van der Waals surface area contributed by atoms with Crippen molar-refractivity contribution in [2.75, 3.05) is 31.1 Å². The Kier molecular flexibility index (Phi) is 7.91. The maximum Gasteiger partial charge on any atom is 0.194 e. The number of halogens is 2. The van der Waals surface area contributed by atoms with Crippen LogP contribution in [-0.2, 0) is 22.8 Å². The van der Waals surface area contributed by atoms with E-state index in [4.69, 9.17) is 4.99 Å². The number of benzene rings is 1. The van der Waals surface area contributed by atoms with E-state index in [2.05, 4.69) is 24.1 Å². The summed E-state index contributed by atoms with van der Waals surface area (Å²) < 4.78 is 36.9. The normalized spacial score (nSPS) is 21.7. The fourth-order valence-electron chi connectivity index (χ4n) is 3.51. The molecular formula is C19H29FIN3O2S. The van der Waals surface area contributed by atoms with Crippen molar-refractivity contribution in [2.24, 2.45) is 16.8 Å². The summed E-state index contributed by atoms with van der Waals surface area (Å²) in [7, 11) is -2.87. The van der Waals surface area contributed by atoms with Gasteiger partial charge in [0, 0.05) is 26.2 Å². The topological polar surface area (TPSA) is 61.8 Å². The van der Waals surface area contributed by atoms with Crippen molar-refractivity contribution in [1.29, 1.82) is 0 Å². The quantitative estimate of drug-likeness (QED) is 0.386. The third kappa shape index (κ3) is 6.30. The van der Waals surface area contributed by atoms with E-state index in [0.29, 0.717) is 32.0 Å². The first kappa shape index (κ1) is 22.4. The molecule has 2 heterocycles. The molecule has 1 unspecified atom stereocenters. The molecule has 1 saturated heterocycles. The molecule has 0 saturated carbocycles. The summed E-state index contributed by atoms with van der Waals surface area (Å²) >= 11 is 0. The van der Waals surface area contributed by atoms with E-state index in [1.165, 1.54) is 11.6 Å². The highest BCUT2D eigenvalue weighted by molar-refractivity contribution is 14.0. The molecule has 152 valence electrons. The Balaban J connectivity index is 0.00000261. The lowest BCUT2D eigenvalue weighted by molar-refractivity contribution is 0.371. The summed E-state index contributed by atoms with van der Waals surface area (Å²) in [4.78, 5) is 6.87. The molecule has 2 aliphatic heterocycles. The van der Waals surface area contributed by atoms with Gasteiger partial charge in [0.25, 0.3) is 0 Å². The van der Waals surface area contributed by atoms with E-state index in [0.717, 1.165) is 24.5 Å². The second-order valence-corrected chi connectivity index (χ2v) is 10.0. The van der Waals surface area contributed by atoms with Gasteiger partial charge in [-0.15, -0.1) is 24.0 Å². The number of sulfone groups is 1. The van der Waals surface area contributed by atoms with E-state index >= 15 is 0 Å². The Hall–Kier alpha value is -0.900. The Labute approximate surface area is 178 Å². The van der Waals surface area contributed by atoms with Gasteiger partial charge in [-0.3, -0.25) is 4.99 Å². The predicted octanol–water partition coefficient (Wildman–Crippen LogP) is 2.84. The summed E-state index contributed by atoms with van der Waals surface area (Å²) in [5.41, 5.74) is 2.19. The average molecular weight is 509 g/mol. The number of aliphatic imine (C=N–C) groups is 1. The molecule has 27 heavy (non-hydrogen) atoms. The molecule has 1 aromatic carbocycles. The Morgan fingerprint density at radius 2 is 2.15 bits per heavy atom. The minimum absolute atomic E-state index is 0. The molecule has 3 rings (SSSR count). The molecule has 2 aliphatic rings. The van der Waals surface area contributed by atoms with Crippen LogP contribution in [0, 0.1) is 17.7 Å². The molecule has 0 spiro atoms. The molecule has 0 aromatic heterocycles. The van der Waals surface area contributed by atoms with E-state index < -0.39 is 9.84 Å². The third-order valence-electron chi connectivity index (χ3n) is 4.96. The van der Waals surface area contributed by atoms with Gasteiger partial charge >= 0.3 is 0 Å². The van der Waals surface area contributed by atoms with Gasteiger partial charge in [-0.2, -0.15) is 0 Å². The van der Waals surface area contributed by atoms with E-state index in [1.807, 2.05) is 6.07 Å². The zero-order chi connectivity index (χ0) is 18.7. The van der Waals surface area contributed by atoms with Crippen LogP contribution in [0.4, 0.5) is 4.39 Å². The van der Waals surface area contributed by atoms with Gasteiger partial charge in [-0.25, -0.2) is 12.8 Å². The fraction of sp³-hybridized carbons (Fsp3) is 0.632. The van der Waals surface area contributed by atoms with Crippen molar-refractivity contribution in [1.82, 2.24) is 10.2 Å². The van der Waals surface area contributed by atoms with Crippen LogP contribution in [0.1, 0.15) is 31.4 Å². The molecule has 0 bridgehead atoms. The van der Waals surface area contributed by atoms with Crippen molar-refractivity contribution in [3.8, 4) is 0 Å². The van der Waals surface area contributed by atoms with Gasteiger partial charge in [0.15, 0.2) is 15.8 Å².